The van der Waals surface area contributed by atoms with E-state index in [9.17, 15) is 66.0 Å². The number of hydrogen-bond donors (Lipinski definition) is 0. The zero-order chi connectivity index (χ0) is 50.4. The third-order valence-corrected chi connectivity index (χ3v) is 21.4. The number of sulfone groups is 3. The number of carbonyl (C=O) groups excluding carboxylic acids is 3. The van der Waals surface area contributed by atoms with Crippen molar-refractivity contribution in [3.63, 3.8) is 0 Å². The van der Waals surface area contributed by atoms with Crippen molar-refractivity contribution >= 4 is 93.0 Å². The summed E-state index contributed by atoms with van der Waals surface area (Å²) in [6.07, 6.45) is -0.408. The van der Waals surface area contributed by atoms with Gasteiger partial charge in [0.2, 0.25) is 0 Å². The summed E-state index contributed by atoms with van der Waals surface area (Å²) in [5.41, 5.74) is -10.9. The Labute approximate surface area is 404 Å². The molecule has 0 unspecified atom stereocenters. The van der Waals surface area contributed by atoms with Crippen molar-refractivity contribution in [2.24, 2.45) is 0 Å². The average Bonchev–Trinajstić information content (AvgIpc) is 3.25. The first-order valence-corrected chi connectivity index (χ1v) is 27.7. The molecule has 68 heavy (non-hydrogen) atoms. The number of ketones is 3. The first kappa shape index (κ1) is 54.1. The maximum absolute atomic E-state index is 12.0. The van der Waals surface area contributed by atoms with Crippen LogP contribution in [0.2, 0.25) is 0 Å². The Morgan fingerprint density at radius 2 is 0.588 bits per heavy atom. The lowest BCUT2D eigenvalue weighted by atomic mass is 10.2. The van der Waals surface area contributed by atoms with E-state index in [1.165, 1.54) is 14.7 Å². The molecular formula is C46H36F6O9S7. The number of alkyl halides is 6. The van der Waals surface area contributed by atoms with Crippen molar-refractivity contribution in [3.05, 3.63) is 166 Å². The molecule has 0 radical (unpaired) electrons. The van der Waals surface area contributed by atoms with Crippen LogP contribution in [-0.4, -0.2) is 59.9 Å². The molecule has 0 saturated heterocycles. The molecule has 0 aromatic heterocycles. The Morgan fingerprint density at radius 1 is 0.397 bits per heavy atom. The number of halogens is 6. The maximum Gasteiger partial charge on any atom is 0.470 e. The van der Waals surface area contributed by atoms with Gasteiger partial charge in [0.25, 0.3) is 0 Å². The standard InChI is InChI=1S/C42H33O3S4.C4H3F6O6S3/c1-28(43)31-4-10-34(11-5-31)46-37-16-22-40(23-17-37)49(41-24-18-38(19-25-41)47-35-12-6-32(7-13-35)29(2)44)42-26-20-39(21-27-42)48-36-14-8-33(9-15-36)30(3)45;1-17(11,12)2(18(13,14)3(5,6)7)19(15,16)4(8,9)10/h4-27H,1-3H3;1H3/q+1;-1. The SMILES string of the molecule is CC(=O)c1ccc(Sc2ccc([S+](c3ccc(Sc4ccc(C(C)=O)cc4)cc3)c3ccc(Sc4ccc(C(C)=O)cc4)cc3)cc2)cc1.CS(=O)(=O)[C-](S(=O)(=O)C(F)(F)F)S(=O)(=O)C(F)(F)F. The number of hydrogen-bond acceptors (Lipinski definition) is 12. The molecule has 6 aromatic carbocycles. The maximum atomic E-state index is 12.0. The number of Topliss-reactive ketones (excluding diaryl/α,β-unsaturated/α-hetero) is 3. The summed E-state index contributed by atoms with van der Waals surface area (Å²) in [6.45, 7) is 4.75. The Hall–Kier alpha value is -4.84. The highest BCUT2D eigenvalue weighted by Gasteiger charge is 2.57. The van der Waals surface area contributed by atoms with Crippen LogP contribution < -0.4 is 0 Å². The third-order valence-electron chi connectivity index (χ3n) is 9.02. The fourth-order valence-corrected chi connectivity index (χ4v) is 16.1. The van der Waals surface area contributed by atoms with Gasteiger partial charge in [-0.05, 0) is 130 Å². The first-order chi connectivity index (χ1) is 31.6. The smallest absolute Gasteiger partial charge is 0.295 e. The van der Waals surface area contributed by atoms with E-state index < -0.39 is 50.7 Å². The Kier molecular flexibility index (Phi) is 17.4. The minimum absolute atomic E-state index is 0.0674. The van der Waals surface area contributed by atoms with Gasteiger partial charge in [0, 0.05) is 52.3 Å². The molecule has 0 heterocycles. The number of carbonyl (C=O) groups is 3. The summed E-state index contributed by atoms with van der Waals surface area (Å²) in [6, 6.07) is 49.5. The highest BCUT2D eigenvalue weighted by atomic mass is 32.3. The highest BCUT2D eigenvalue weighted by Crippen LogP contribution is 2.43. The lowest BCUT2D eigenvalue weighted by molar-refractivity contribution is -0.0450. The summed E-state index contributed by atoms with van der Waals surface area (Å²) in [7, 11) is -20.6. The van der Waals surface area contributed by atoms with Gasteiger partial charge < -0.3 is 0 Å². The number of rotatable bonds is 15. The molecule has 0 spiro atoms. The fraction of sp³-hybridized carbons (Fsp3) is 0.130. The van der Waals surface area contributed by atoms with E-state index >= 15 is 0 Å². The Balaban J connectivity index is 0.000000385. The Bertz CT molecular complexity index is 2820. The van der Waals surface area contributed by atoms with Crippen LogP contribution in [0.15, 0.2) is 190 Å². The second-order valence-electron chi connectivity index (χ2n) is 14.2. The molecule has 0 aliphatic rings. The van der Waals surface area contributed by atoms with Gasteiger partial charge in [0.1, 0.15) is 0 Å². The van der Waals surface area contributed by atoms with Crippen LogP contribution >= 0.6 is 35.3 Å². The van der Waals surface area contributed by atoms with Crippen LogP contribution in [0, 0.1) is 3.91 Å². The van der Waals surface area contributed by atoms with Crippen molar-refractivity contribution in [3.8, 4) is 0 Å². The zero-order valence-corrected chi connectivity index (χ0v) is 41.4. The highest BCUT2D eigenvalue weighted by molar-refractivity contribution is 8.29. The van der Waals surface area contributed by atoms with Crippen LogP contribution in [0.1, 0.15) is 51.8 Å². The van der Waals surface area contributed by atoms with E-state index in [1.54, 1.807) is 56.1 Å². The lowest BCUT2D eigenvalue weighted by Crippen LogP contribution is -2.42. The quantitative estimate of drug-likeness (QED) is 0.0416. The molecule has 0 bridgehead atoms. The molecule has 0 saturated carbocycles. The molecule has 6 aromatic rings. The van der Waals surface area contributed by atoms with Crippen LogP contribution in [0.3, 0.4) is 0 Å². The predicted molar refractivity (Wildman–Crippen MR) is 251 cm³/mol. The Morgan fingerprint density at radius 3 is 0.750 bits per heavy atom. The molecule has 9 nitrogen and oxygen atoms in total. The van der Waals surface area contributed by atoms with E-state index in [2.05, 4.69) is 72.8 Å². The summed E-state index contributed by atoms with van der Waals surface area (Å²) < 4.78 is 133. The third kappa shape index (κ3) is 13.7. The van der Waals surface area contributed by atoms with Crippen molar-refractivity contribution in [2.75, 3.05) is 6.26 Å². The first-order valence-electron chi connectivity index (χ1n) is 19.2. The van der Waals surface area contributed by atoms with Gasteiger partial charge in [0.15, 0.2) is 51.7 Å². The molecule has 0 amide bonds. The van der Waals surface area contributed by atoms with Crippen LogP contribution in [0.4, 0.5) is 26.3 Å². The molecule has 0 fully saturated rings. The van der Waals surface area contributed by atoms with Crippen LogP contribution in [0.25, 0.3) is 0 Å². The molecule has 0 N–H and O–H groups in total. The van der Waals surface area contributed by atoms with Gasteiger partial charge in [-0.3, -0.25) is 39.6 Å². The minimum Gasteiger partial charge on any atom is -0.295 e. The second kappa shape index (κ2) is 21.8. The molecule has 6 rings (SSSR count). The predicted octanol–water partition coefficient (Wildman–Crippen LogP) is 12.2. The van der Waals surface area contributed by atoms with Gasteiger partial charge in [0.05, 0.1) is 24.6 Å². The average molecular weight is 1070 g/mol. The lowest BCUT2D eigenvalue weighted by Gasteiger charge is -2.29. The van der Waals surface area contributed by atoms with Crippen molar-refractivity contribution in [2.45, 2.75) is 75.8 Å². The monoisotopic (exact) mass is 1070 g/mol. The fourth-order valence-electron chi connectivity index (χ4n) is 5.75. The summed E-state index contributed by atoms with van der Waals surface area (Å²) in [4.78, 5) is 45.4. The van der Waals surface area contributed by atoms with E-state index in [4.69, 9.17) is 0 Å². The summed E-state index contributed by atoms with van der Waals surface area (Å²) in [5, 5.41) is 0. The summed E-state index contributed by atoms with van der Waals surface area (Å²) in [5.74, 6) is 0.202. The molecular weight excluding hydrogens is 1030 g/mol. The molecule has 358 valence electrons. The summed E-state index contributed by atoms with van der Waals surface area (Å²) >= 11 is 5.04. The van der Waals surface area contributed by atoms with Gasteiger partial charge in [-0.25, -0.2) is 0 Å². The van der Waals surface area contributed by atoms with Gasteiger partial charge >= 0.3 is 11.0 Å². The van der Waals surface area contributed by atoms with Crippen molar-refractivity contribution < 1.29 is 66.0 Å². The van der Waals surface area contributed by atoms with Gasteiger partial charge in [-0.15, -0.1) is 0 Å². The van der Waals surface area contributed by atoms with Gasteiger partial charge in [-0.1, -0.05) is 71.7 Å². The number of benzene rings is 6. The van der Waals surface area contributed by atoms with E-state index in [-0.39, 0.29) is 28.2 Å². The van der Waals surface area contributed by atoms with Crippen molar-refractivity contribution in [1.82, 2.24) is 0 Å². The molecule has 0 aliphatic heterocycles. The van der Waals surface area contributed by atoms with E-state index in [0.717, 1.165) is 29.4 Å². The topological polar surface area (TPSA) is 154 Å². The van der Waals surface area contributed by atoms with E-state index in [1.807, 2.05) is 72.8 Å². The van der Waals surface area contributed by atoms with Crippen LogP contribution in [0.5, 0.6) is 0 Å². The molecule has 0 atom stereocenters. The normalized spacial score (nSPS) is 12.4. The van der Waals surface area contributed by atoms with Crippen molar-refractivity contribution in [1.29, 1.82) is 0 Å². The molecule has 0 aliphatic carbocycles. The van der Waals surface area contributed by atoms with Gasteiger partial charge in [-0.2, -0.15) is 26.3 Å². The van der Waals surface area contributed by atoms with E-state index in [0.29, 0.717) is 16.7 Å². The minimum atomic E-state index is -7.22. The largest absolute Gasteiger partial charge is 0.470 e. The van der Waals surface area contributed by atoms with Crippen LogP contribution in [-0.2, 0) is 40.4 Å². The second-order valence-corrected chi connectivity index (χ2v) is 26.1. The molecule has 22 heteroatoms. The zero-order valence-electron chi connectivity index (χ0n) is 35.7.